The number of sulfonamides is 1. The van der Waals surface area contributed by atoms with Crippen LogP contribution in [0.25, 0.3) is 0 Å². The minimum Gasteiger partial charge on any atom is -0.355 e. The first-order chi connectivity index (χ1) is 12.5. The summed E-state index contributed by atoms with van der Waals surface area (Å²) in [5, 5.41) is 3.08. The normalized spacial score (nSPS) is 30.7. The second-order valence-corrected chi connectivity index (χ2v) is 11.2. The molecule has 0 bridgehead atoms. The van der Waals surface area contributed by atoms with E-state index >= 15 is 0 Å². The number of likely N-dealkylation sites (tertiary alicyclic amines) is 1. The Labute approximate surface area is 162 Å². The van der Waals surface area contributed by atoms with E-state index in [1.54, 1.807) is 6.92 Å². The number of amides is 2. The fourth-order valence-electron chi connectivity index (χ4n) is 5.48. The largest absolute Gasteiger partial charge is 0.355 e. The van der Waals surface area contributed by atoms with Crippen molar-refractivity contribution in [3.05, 3.63) is 0 Å². The molecule has 27 heavy (non-hydrogen) atoms. The third kappa shape index (κ3) is 3.62. The Morgan fingerprint density at radius 1 is 1.15 bits per heavy atom. The van der Waals surface area contributed by atoms with E-state index in [0.717, 1.165) is 25.7 Å². The van der Waals surface area contributed by atoms with Crippen LogP contribution in [0.3, 0.4) is 0 Å². The molecule has 1 spiro atoms. The van der Waals surface area contributed by atoms with Gasteiger partial charge < -0.3 is 10.2 Å². The number of rotatable bonds is 4. The van der Waals surface area contributed by atoms with Crippen LogP contribution in [0.2, 0.25) is 0 Å². The zero-order valence-electron chi connectivity index (χ0n) is 17.0. The topological polar surface area (TPSA) is 86.8 Å². The maximum absolute atomic E-state index is 13.2. The van der Waals surface area contributed by atoms with Gasteiger partial charge in [0.2, 0.25) is 21.8 Å². The maximum atomic E-state index is 13.2. The lowest BCUT2D eigenvalue weighted by molar-refractivity contribution is -0.135. The lowest BCUT2D eigenvalue weighted by atomic mass is 9.65. The third-order valence-electron chi connectivity index (χ3n) is 7.12. The Bertz CT molecular complexity index is 712. The second-order valence-electron chi connectivity index (χ2n) is 9.24. The van der Waals surface area contributed by atoms with Crippen molar-refractivity contribution in [3.8, 4) is 0 Å². The molecule has 0 unspecified atom stereocenters. The highest BCUT2D eigenvalue weighted by atomic mass is 32.2. The van der Waals surface area contributed by atoms with Gasteiger partial charge in [-0.25, -0.2) is 12.7 Å². The van der Waals surface area contributed by atoms with E-state index in [4.69, 9.17) is 0 Å². The number of nitrogens with zero attached hydrogens (tertiary/aromatic N) is 2. The van der Waals surface area contributed by atoms with Crippen molar-refractivity contribution < 1.29 is 18.0 Å². The summed E-state index contributed by atoms with van der Waals surface area (Å²) < 4.78 is 26.0. The lowest BCUT2D eigenvalue weighted by Gasteiger charge is -2.44. The molecule has 3 fully saturated rings. The molecule has 1 saturated carbocycles. The minimum atomic E-state index is -3.34. The summed E-state index contributed by atoms with van der Waals surface area (Å²) in [6, 6.07) is 0. The number of piperidine rings is 1. The average molecular weight is 400 g/mol. The van der Waals surface area contributed by atoms with Crippen LogP contribution >= 0.6 is 0 Å². The predicted octanol–water partition coefficient (Wildman–Crippen LogP) is 1.06. The van der Waals surface area contributed by atoms with E-state index in [2.05, 4.69) is 19.2 Å². The number of carbonyl (C=O) groups excluding carboxylic acids is 2. The van der Waals surface area contributed by atoms with E-state index < -0.39 is 15.4 Å². The molecule has 3 rings (SSSR count). The van der Waals surface area contributed by atoms with Crippen LogP contribution < -0.4 is 5.32 Å². The van der Waals surface area contributed by atoms with Gasteiger partial charge in [-0.15, -0.1) is 0 Å². The first kappa shape index (κ1) is 20.6. The first-order valence-corrected chi connectivity index (χ1v) is 11.8. The Hall–Kier alpha value is -1.15. The molecule has 1 N–H and O–H groups in total. The first-order valence-electron chi connectivity index (χ1n) is 9.99. The van der Waals surface area contributed by atoms with E-state index in [1.165, 1.54) is 10.6 Å². The molecule has 0 aromatic heterocycles. The van der Waals surface area contributed by atoms with Crippen LogP contribution in [0.1, 0.15) is 46.5 Å². The van der Waals surface area contributed by atoms with Crippen molar-refractivity contribution in [2.24, 2.45) is 22.7 Å². The van der Waals surface area contributed by atoms with E-state index in [1.807, 2.05) is 4.90 Å². The van der Waals surface area contributed by atoms with Gasteiger partial charge in [0, 0.05) is 39.6 Å². The van der Waals surface area contributed by atoms with Crippen molar-refractivity contribution in [1.29, 1.82) is 0 Å². The molecule has 2 atom stereocenters. The molecule has 2 heterocycles. The summed E-state index contributed by atoms with van der Waals surface area (Å²) in [6.45, 7) is 8.44. The van der Waals surface area contributed by atoms with Gasteiger partial charge in [-0.2, -0.15) is 0 Å². The van der Waals surface area contributed by atoms with E-state index in [0.29, 0.717) is 38.6 Å². The van der Waals surface area contributed by atoms with Gasteiger partial charge in [-0.1, -0.05) is 13.8 Å². The zero-order chi connectivity index (χ0) is 20.0. The van der Waals surface area contributed by atoms with Gasteiger partial charge in [0.15, 0.2) is 0 Å². The van der Waals surface area contributed by atoms with Gasteiger partial charge in [-0.05, 0) is 42.9 Å². The van der Waals surface area contributed by atoms with Gasteiger partial charge in [-0.3, -0.25) is 9.59 Å². The number of nitrogens with one attached hydrogen (secondary N) is 1. The third-order valence-corrected chi connectivity index (χ3v) is 8.33. The van der Waals surface area contributed by atoms with Crippen LogP contribution in [0.5, 0.6) is 0 Å². The zero-order valence-corrected chi connectivity index (χ0v) is 17.8. The highest BCUT2D eigenvalue weighted by molar-refractivity contribution is 7.88. The quantitative estimate of drug-likeness (QED) is 0.766. The highest BCUT2D eigenvalue weighted by Crippen LogP contribution is 2.62. The molecular weight excluding hydrogens is 366 g/mol. The monoisotopic (exact) mass is 399 g/mol. The number of carbonyl (C=O) groups is 2. The Kier molecular flexibility index (Phi) is 5.36. The van der Waals surface area contributed by atoms with E-state index in [-0.39, 0.29) is 23.1 Å². The molecule has 2 saturated heterocycles. The summed E-state index contributed by atoms with van der Waals surface area (Å²) in [5.41, 5.74) is -0.670. The number of fused-ring (bicyclic) bond motifs is 2. The number of hydrogen-bond acceptors (Lipinski definition) is 4. The Morgan fingerprint density at radius 3 is 2.30 bits per heavy atom. The molecule has 1 aliphatic carbocycles. The van der Waals surface area contributed by atoms with E-state index in [9.17, 15) is 18.0 Å². The van der Waals surface area contributed by atoms with Gasteiger partial charge in [0.05, 0.1) is 11.7 Å². The highest BCUT2D eigenvalue weighted by Gasteiger charge is 2.65. The Morgan fingerprint density at radius 2 is 1.78 bits per heavy atom. The molecule has 8 heteroatoms. The molecular formula is C19H33N3O4S. The van der Waals surface area contributed by atoms with Crippen LogP contribution in [0.4, 0.5) is 0 Å². The Balaban J connectivity index is 1.87. The molecule has 0 aromatic rings. The van der Waals surface area contributed by atoms with Gasteiger partial charge in [0.1, 0.15) is 0 Å². The minimum absolute atomic E-state index is 0.0122. The molecule has 3 aliphatic rings. The second kappa shape index (κ2) is 7.03. The van der Waals surface area contributed by atoms with Crippen LogP contribution in [0.15, 0.2) is 0 Å². The molecule has 2 amide bonds. The van der Waals surface area contributed by atoms with Crippen molar-refractivity contribution in [1.82, 2.24) is 14.5 Å². The predicted molar refractivity (Wildman–Crippen MR) is 103 cm³/mol. The molecule has 0 radical (unpaired) electrons. The molecule has 2 aliphatic heterocycles. The fraction of sp³-hybridized carbons (Fsp3) is 0.895. The SMILES string of the molecule is CC(=O)N1CCC2(CC1)CC[C@]1(C(=O)NCC(C)C)CN(S(C)(=O)=O)C[C@H]21. The smallest absolute Gasteiger partial charge is 0.227 e. The van der Waals surface area contributed by atoms with Crippen molar-refractivity contribution in [3.63, 3.8) is 0 Å². The van der Waals surface area contributed by atoms with Crippen LogP contribution in [-0.2, 0) is 19.6 Å². The summed E-state index contributed by atoms with van der Waals surface area (Å²) in [4.78, 5) is 26.8. The summed E-state index contributed by atoms with van der Waals surface area (Å²) in [5.74, 6) is 0.484. The van der Waals surface area contributed by atoms with Gasteiger partial charge in [0.25, 0.3) is 0 Å². The molecule has 154 valence electrons. The maximum Gasteiger partial charge on any atom is 0.227 e. The van der Waals surface area contributed by atoms with Crippen molar-refractivity contribution in [2.75, 3.05) is 39.0 Å². The van der Waals surface area contributed by atoms with Crippen molar-refractivity contribution >= 4 is 21.8 Å². The summed E-state index contributed by atoms with van der Waals surface area (Å²) >= 11 is 0. The number of hydrogen-bond donors (Lipinski definition) is 1. The summed E-state index contributed by atoms with van der Waals surface area (Å²) in [7, 11) is -3.34. The fourth-order valence-corrected chi connectivity index (χ4v) is 6.37. The van der Waals surface area contributed by atoms with Crippen molar-refractivity contribution in [2.45, 2.75) is 46.5 Å². The van der Waals surface area contributed by atoms with Crippen LogP contribution in [0, 0.1) is 22.7 Å². The lowest BCUT2D eigenvalue weighted by Crippen LogP contribution is -2.50. The summed E-state index contributed by atoms with van der Waals surface area (Å²) in [6.07, 6.45) is 4.62. The van der Waals surface area contributed by atoms with Gasteiger partial charge >= 0.3 is 0 Å². The average Bonchev–Trinajstić information content (AvgIpc) is 3.11. The molecule has 7 nitrogen and oxygen atoms in total. The van der Waals surface area contributed by atoms with Crippen LogP contribution in [-0.4, -0.2) is 68.4 Å². The molecule has 0 aromatic carbocycles. The standard InChI is InChI=1S/C19H33N3O4S/c1-14(2)11-20-17(24)19-6-5-18(7-9-21(10-8-18)15(3)23)16(19)12-22(13-19)27(4,25)26/h14,16H,5-13H2,1-4H3,(H,20,24)/t16-,19+/m1/s1.